The number of hydrogen-bond donors (Lipinski definition) is 2. The van der Waals surface area contributed by atoms with E-state index in [2.05, 4.69) is 23.2 Å². The second kappa shape index (κ2) is 9.27. The number of nitrogens with zero attached hydrogens (tertiary/aromatic N) is 4. The van der Waals surface area contributed by atoms with Gasteiger partial charge >= 0.3 is 0 Å². The number of nitriles is 1. The van der Waals surface area contributed by atoms with Gasteiger partial charge in [0.25, 0.3) is 5.91 Å². The molecule has 0 atom stereocenters. The van der Waals surface area contributed by atoms with Crippen molar-refractivity contribution in [2.24, 2.45) is 11.7 Å². The quantitative estimate of drug-likeness (QED) is 0.565. The van der Waals surface area contributed by atoms with Gasteiger partial charge in [-0.1, -0.05) is 31.2 Å². The Morgan fingerprint density at radius 3 is 2.49 bits per heavy atom. The topological polar surface area (TPSA) is 100.0 Å². The Hall–Kier alpha value is -2.92. The summed E-state index contributed by atoms with van der Waals surface area (Å²) in [7, 11) is 0. The number of primary amides is 1. The van der Waals surface area contributed by atoms with Gasteiger partial charge in [-0.2, -0.15) is 10.4 Å². The average Bonchev–Trinajstić information content (AvgIpc) is 3.57. The second-order valence-electron chi connectivity index (χ2n) is 10.7. The first-order valence-corrected chi connectivity index (χ1v) is 12.9. The van der Waals surface area contributed by atoms with Crippen molar-refractivity contribution in [1.29, 1.82) is 5.26 Å². The molecular weight excluding hydrogens is 443 g/mol. The molecule has 3 fully saturated rings. The molecule has 3 aliphatic rings. The summed E-state index contributed by atoms with van der Waals surface area (Å²) in [6.45, 7) is 3.71. The van der Waals surface area contributed by atoms with Crippen molar-refractivity contribution in [2.45, 2.75) is 75.5 Å². The largest absolute Gasteiger partial charge is 0.368 e. The molecule has 7 nitrogen and oxygen atoms in total. The Balaban J connectivity index is 1.25. The number of halogens is 1. The average molecular weight is 479 g/mol. The first-order chi connectivity index (χ1) is 16.9. The molecule has 3 N–H and O–H groups in total. The molecule has 0 bridgehead atoms. The maximum absolute atomic E-state index is 15.5. The number of carbonyl (C=O) groups excluding carboxylic acids is 1. The molecule has 8 heteroatoms. The lowest BCUT2D eigenvalue weighted by Gasteiger charge is -2.51. The van der Waals surface area contributed by atoms with E-state index in [1.165, 1.54) is 18.4 Å². The molecule has 1 aromatic heterocycles. The van der Waals surface area contributed by atoms with Crippen molar-refractivity contribution < 1.29 is 9.18 Å². The summed E-state index contributed by atoms with van der Waals surface area (Å²) in [5, 5.41) is 17.6. The van der Waals surface area contributed by atoms with Gasteiger partial charge in [-0.05, 0) is 62.0 Å². The fourth-order valence-corrected chi connectivity index (χ4v) is 5.71. The van der Waals surface area contributed by atoms with Gasteiger partial charge in [-0.15, -0.1) is 0 Å². The van der Waals surface area contributed by atoms with E-state index < -0.39 is 17.1 Å². The molecular formula is C27H35FN6O. The van der Waals surface area contributed by atoms with E-state index in [9.17, 15) is 10.1 Å². The molecule has 1 aromatic carbocycles. The number of carbonyl (C=O) groups is 1. The van der Waals surface area contributed by atoms with E-state index in [-0.39, 0.29) is 0 Å². The van der Waals surface area contributed by atoms with E-state index >= 15 is 4.39 Å². The third kappa shape index (κ3) is 4.66. The van der Waals surface area contributed by atoms with Crippen LogP contribution < -0.4 is 11.1 Å². The number of rotatable bonds is 9. The lowest BCUT2D eigenvalue weighted by Crippen LogP contribution is -2.61. The molecule has 35 heavy (non-hydrogen) atoms. The van der Waals surface area contributed by atoms with E-state index in [1.807, 2.05) is 28.9 Å². The molecule has 0 spiro atoms. The van der Waals surface area contributed by atoms with Crippen LogP contribution in [0.15, 0.2) is 30.5 Å². The number of likely N-dealkylation sites (tertiary alicyclic amines) is 1. The maximum atomic E-state index is 15.5. The molecule has 2 heterocycles. The first-order valence-electron chi connectivity index (χ1n) is 12.9. The summed E-state index contributed by atoms with van der Waals surface area (Å²) in [4.78, 5) is 14.3. The van der Waals surface area contributed by atoms with Gasteiger partial charge in [0.1, 0.15) is 5.56 Å². The van der Waals surface area contributed by atoms with Gasteiger partial charge < -0.3 is 11.1 Å². The van der Waals surface area contributed by atoms with Crippen LogP contribution >= 0.6 is 0 Å². The van der Waals surface area contributed by atoms with Crippen LogP contribution in [0.1, 0.15) is 73.4 Å². The van der Waals surface area contributed by atoms with Gasteiger partial charge in [0.2, 0.25) is 0 Å². The van der Waals surface area contributed by atoms with E-state index in [1.54, 1.807) is 6.20 Å². The predicted octanol–water partition coefficient (Wildman–Crippen LogP) is 4.10. The molecule has 0 unspecified atom stereocenters. The zero-order chi connectivity index (χ0) is 24.6. The normalized spacial score (nSPS) is 26.0. The van der Waals surface area contributed by atoms with Gasteiger partial charge in [-0.3, -0.25) is 14.4 Å². The summed E-state index contributed by atoms with van der Waals surface area (Å²) in [5.74, 6) is 0.637. The third-order valence-corrected chi connectivity index (χ3v) is 8.32. The van der Waals surface area contributed by atoms with Crippen molar-refractivity contribution in [3.63, 3.8) is 0 Å². The summed E-state index contributed by atoms with van der Waals surface area (Å²) < 4.78 is 17.3. The summed E-state index contributed by atoms with van der Waals surface area (Å²) in [6, 6.07) is 10.5. The summed E-state index contributed by atoms with van der Waals surface area (Å²) in [5.41, 5.74) is 6.25. The number of alkyl halides is 1. The number of benzene rings is 1. The molecule has 0 radical (unpaired) electrons. The number of hydrogen-bond acceptors (Lipinski definition) is 5. The Morgan fingerprint density at radius 1 is 1.23 bits per heavy atom. The van der Waals surface area contributed by atoms with Crippen molar-refractivity contribution in [3.8, 4) is 6.07 Å². The van der Waals surface area contributed by atoms with Crippen LogP contribution in [0.2, 0.25) is 0 Å². The minimum absolute atomic E-state index is 0.291. The van der Waals surface area contributed by atoms with E-state index in [0.29, 0.717) is 42.9 Å². The van der Waals surface area contributed by atoms with Crippen molar-refractivity contribution >= 4 is 11.7 Å². The number of aromatic nitrogens is 2. The SMILES string of the molecule is CCc1ccc(C2(F)CN(C3CCC(CC#N)(n4cc(C(N)=O)c(NCC5CC5)n4)CC3)C2)cc1. The van der Waals surface area contributed by atoms with Gasteiger partial charge in [0.15, 0.2) is 11.5 Å². The van der Waals surface area contributed by atoms with E-state index in [4.69, 9.17) is 10.8 Å². The molecule has 2 saturated carbocycles. The fraction of sp³-hybridized carbons (Fsp3) is 0.593. The maximum Gasteiger partial charge on any atom is 0.254 e. The molecule has 1 amide bonds. The number of amides is 1. The molecule has 186 valence electrons. The van der Waals surface area contributed by atoms with Gasteiger partial charge in [-0.25, -0.2) is 4.39 Å². The second-order valence-corrected chi connectivity index (χ2v) is 10.7. The van der Waals surface area contributed by atoms with Crippen LogP contribution in [0.3, 0.4) is 0 Å². The summed E-state index contributed by atoms with van der Waals surface area (Å²) in [6.07, 6.45) is 8.62. The lowest BCUT2D eigenvalue weighted by molar-refractivity contribution is -0.0766. The fourth-order valence-electron chi connectivity index (χ4n) is 5.71. The highest BCUT2D eigenvalue weighted by atomic mass is 19.1. The van der Waals surface area contributed by atoms with Crippen LogP contribution in [0.25, 0.3) is 0 Å². The van der Waals surface area contributed by atoms with Crippen molar-refractivity contribution in [3.05, 3.63) is 47.2 Å². The first kappa shape index (κ1) is 23.8. The Bertz CT molecular complexity index is 1100. The van der Waals surface area contributed by atoms with Crippen LogP contribution in [-0.4, -0.2) is 46.3 Å². The number of nitrogens with one attached hydrogen (secondary N) is 1. The molecule has 1 saturated heterocycles. The molecule has 5 rings (SSSR count). The number of aryl methyl sites for hydroxylation is 1. The zero-order valence-electron chi connectivity index (χ0n) is 20.5. The smallest absolute Gasteiger partial charge is 0.254 e. The highest BCUT2D eigenvalue weighted by Gasteiger charge is 2.49. The van der Waals surface area contributed by atoms with Crippen molar-refractivity contribution in [2.75, 3.05) is 25.0 Å². The van der Waals surface area contributed by atoms with Gasteiger partial charge in [0.05, 0.1) is 18.0 Å². The van der Waals surface area contributed by atoms with E-state index in [0.717, 1.165) is 44.2 Å². The molecule has 2 aromatic rings. The molecule has 1 aliphatic heterocycles. The van der Waals surface area contributed by atoms with Crippen LogP contribution in [0.4, 0.5) is 10.2 Å². The van der Waals surface area contributed by atoms with Crippen molar-refractivity contribution in [1.82, 2.24) is 14.7 Å². The molecule has 2 aliphatic carbocycles. The predicted molar refractivity (Wildman–Crippen MR) is 133 cm³/mol. The highest BCUT2D eigenvalue weighted by molar-refractivity contribution is 5.97. The highest BCUT2D eigenvalue weighted by Crippen LogP contribution is 2.44. The summed E-state index contributed by atoms with van der Waals surface area (Å²) >= 11 is 0. The minimum atomic E-state index is -1.28. The lowest BCUT2D eigenvalue weighted by atomic mass is 9.75. The van der Waals surface area contributed by atoms with Crippen LogP contribution in [0.5, 0.6) is 0 Å². The minimum Gasteiger partial charge on any atom is -0.368 e. The van der Waals surface area contributed by atoms with Crippen LogP contribution in [-0.2, 0) is 17.6 Å². The monoisotopic (exact) mass is 478 g/mol. The zero-order valence-corrected chi connectivity index (χ0v) is 20.5. The van der Waals surface area contributed by atoms with Gasteiger partial charge in [0, 0.05) is 31.9 Å². The number of nitrogens with two attached hydrogens (primary N) is 1. The Morgan fingerprint density at radius 2 is 1.91 bits per heavy atom. The Labute approximate surface area is 206 Å². The number of anilines is 1. The third-order valence-electron chi connectivity index (χ3n) is 8.32. The van der Waals surface area contributed by atoms with Crippen LogP contribution in [0, 0.1) is 17.2 Å². The Kier molecular flexibility index (Phi) is 6.30. The standard InChI is InChI=1S/C27H35FN6O/c1-2-19-5-7-21(8-6-19)27(28)17-33(18-27)22-9-11-26(12-10-22,13-14-29)34-16-23(24(30)35)25(32-34)31-15-20-3-4-20/h5-8,16,20,22H,2-4,9-13,15,17-18H2,1H3,(H2,30,35)(H,31,32).